The van der Waals surface area contributed by atoms with E-state index < -0.39 is 17.5 Å². The molecular formula is C42H66O6. The summed E-state index contributed by atoms with van der Waals surface area (Å²) in [5.74, 6) is 0.423. The molecule has 5 N–H and O–H groups in total. The minimum Gasteiger partial charge on any atom is -0.508 e. The van der Waals surface area contributed by atoms with Gasteiger partial charge in [-0.2, -0.15) is 0 Å². The number of aliphatic hydroxyl groups excluding tert-OH is 2. The molecule has 1 aromatic carbocycles. The predicted octanol–water partition coefficient (Wildman–Crippen LogP) is 9.43. The van der Waals surface area contributed by atoms with Gasteiger partial charge in [0.05, 0.1) is 12.2 Å². The van der Waals surface area contributed by atoms with Crippen LogP contribution >= 0.6 is 0 Å². The summed E-state index contributed by atoms with van der Waals surface area (Å²) in [5, 5.41) is 51.6. The zero-order chi connectivity index (χ0) is 35.5. The maximum atomic E-state index is 12.8. The van der Waals surface area contributed by atoms with Crippen molar-refractivity contribution in [1.29, 1.82) is 0 Å². The van der Waals surface area contributed by atoms with Gasteiger partial charge in [-0.3, -0.25) is 4.79 Å². The number of carboxylic acids is 1. The number of aliphatic carboxylic acids is 1. The van der Waals surface area contributed by atoms with E-state index in [2.05, 4.69) is 61.5 Å². The number of benzene rings is 1. The molecule has 0 saturated heterocycles. The number of unbranched alkanes of at least 4 members (excludes halogenated alkanes) is 3. The Morgan fingerprint density at radius 3 is 2.19 bits per heavy atom. The summed E-state index contributed by atoms with van der Waals surface area (Å²) in [6, 6.07) is 4.81. The maximum Gasteiger partial charge on any atom is 0.312 e. The molecule has 1 aromatic rings. The quantitative estimate of drug-likeness (QED) is 0.153. The lowest BCUT2D eigenvalue weighted by Crippen LogP contribution is -2.67. The third-order valence-electron chi connectivity index (χ3n) is 15.4. The summed E-state index contributed by atoms with van der Waals surface area (Å²) in [5.41, 5.74) is 1.22. The lowest BCUT2D eigenvalue weighted by Gasteiger charge is -2.71. The van der Waals surface area contributed by atoms with Gasteiger partial charge in [0.2, 0.25) is 0 Å². The molecular weight excluding hydrogens is 600 g/mol. The first-order valence-corrected chi connectivity index (χ1v) is 19.1. The van der Waals surface area contributed by atoms with Gasteiger partial charge in [-0.05, 0) is 127 Å². The fraction of sp³-hybridized carbons (Fsp3) is 0.786. The topological polar surface area (TPSA) is 118 Å². The van der Waals surface area contributed by atoms with Gasteiger partial charge >= 0.3 is 5.97 Å². The Balaban J connectivity index is 0.000000271. The Bertz CT molecular complexity index is 1380. The Hall–Kier alpha value is -2.05. The number of fused-ring (bicyclic) bond motifs is 7. The van der Waals surface area contributed by atoms with Crippen molar-refractivity contribution in [3.05, 3.63) is 35.4 Å². The molecule has 4 fully saturated rings. The fourth-order valence-corrected chi connectivity index (χ4v) is 12.2. The average molecular weight is 667 g/mol. The van der Waals surface area contributed by atoms with Crippen molar-refractivity contribution in [2.75, 3.05) is 0 Å². The molecule has 5 aliphatic carbocycles. The van der Waals surface area contributed by atoms with Gasteiger partial charge in [0.15, 0.2) is 0 Å². The number of aromatic hydroxyl groups is 2. The molecule has 4 saturated carbocycles. The van der Waals surface area contributed by atoms with Crippen molar-refractivity contribution >= 4 is 5.97 Å². The first-order chi connectivity index (χ1) is 22.3. The van der Waals surface area contributed by atoms with Crippen molar-refractivity contribution in [3.8, 4) is 11.5 Å². The van der Waals surface area contributed by atoms with Gasteiger partial charge in [-0.1, -0.05) is 92.4 Å². The second-order valence-corrected chi connectivity index (χ2v) is 18.8. The number of aryl methyl sites for hydroxylation is 1. The van der Waals surface area contributed by atoms with E-state index in [0.29, 0.717) is 24.7 Å². The second-order valence-electron chi connectivity index (χ2n) is 18.8. The summed E-state index contributed by atoms with van der Waals surface area (Å²) in [7, 11) is 0. The third-order valence-corrected chi connectivity index (χ3v) is 15.4. The summed E-state index contributed by atoms with van der Waals surface area (Å²) >= 11 is 0. The molecule has 0 amide bonds. The van der Waals surface area contributed by atoms with Gasteiger partial charge in [0, 0.05) is 6.07 Å². The highest BCUT2D eigenvalue weighted by Crippen LogP contribution is 2.75. The number of hydrogen-bond donors (Lipinski definition) is 5. The first-order valence-electron chi connectivity index (χ1n) is 19.1. The highest BCUT2D eigenvalue weighted by atomic mass is 16.4. The van der Waals surface area contributed by atoms with Gasteiger partial charge in [-0.15, -0.1) is 0 Å². The normalized spacial score (nSPS) is 40.9. The van der Waals surface area contributed by atoms with Gasteiger partial charge in [-0.25, -0.2) is 0 Å². The van der Waals surface area contributed by atoms with Gasteiger partial charge in [0.25, 0.3) is 0 Å². The van der Waals surface area contributed by atoms with E-state index in [1.165, 1.54) is 30.9 Å². The Kier molecular flexibility index (Phi) is 10.0. The van der Waals surface area contributed by atoms with Crippen molar-refractivity contribution in [3.63, 3.8) is 0 Å². The van der Waals surface area contributed by atoms with E-state index in [1.54, 1.807) is 12.1 Å². The number of phenols is 2. The van der Waals surface area contributed by atoms with E-state index in [-0.39, 0.29) is 50.6 Å². The molecule has 5 aliphatic rings. The molecule has 6 rings (SSSR count). The number of rotatable bonds is 6. The predicted molar refractivity (Wildman–Crippen MR) is 192 cm³/mol. The van der Waals surface area contributed by atoms with E-state index in [0.717, 1.165) is 63.4 Å². The molecule has 0 bridgehead atoms. The summed E-state index contributed by atoms with van der Waals surface area (Å²) < 4.78 is 0. The van der Waals surface area contributed by atoms with Crippen LogP contribution in [-0.2, 0) is 11.2 Å². The summed E-state index contributed by atoms with van der Waals surface area (Å²) in [6.45, 7) is 18.6. The molecule has 0 aliphatic heterocycles. The molecule has 9 unspecified atom stereocenters. The number of carboxylic acid groups (broad SMARTS) is 1. The van der Waals surface area contributed by atoms with Crippen LogP contribution in [0.2, 0.25) is 0 Å². The van der Waals surface area contributed by atoms with Crippen LogP contribution < -0.4 is 0 Å². The molecule has 0 aromatic heterocycles. The van der Waals surface area contributed by atoms with Crippen LogP contribution in [0.4, 0.5) is 0 Å². The lowest BCUT2D eigenvalue weighted by molar-refractivity contribution is -0.218. The molecule has 6 heteroatoms. The van der Waals surface area contributed by atoms with Crippen LogP contribution in [-0.4, -0.2) is 43.7 Å². The van der Waals surface area contributed by atoms with Gasteiger partial charge in [0.1, 0.15) is 16.9 Å². The monoisotopic (exact) mass is 666 g/mol. The SMILES string of the molecule is CC1(C)CCC2(C(=O)O)C(O)CC3(C)C(=CCC4C5(C)CCC(O)C(C)(C)C5CCC43C)C2C1.CCCCCCc1ccc(O)cc1O. The highest BCUT2D eigenvalue weighted by Gasteiger charge is 2.71. The molecule has 0 spiro atoms. The zero-order valence-electron chi connectivity index (χ0n) is 31.2. The maximum absolute atomic E-state index is 12.8. The first kappa shape index (κ1) is 37.2. The van der Waals surface area contributed by atoms with Crippen LogP contribution in [0.1, 0.15) is 144 Å². The Labute approximate surface area is 290 Å². The lowest BCUT2D eigenvalue weighted by atomic mass is 9.33. The molecule has 0 radical (unpaired) electrons. The van der Waals surface area contributed by atoms with Crippen LogP contribution in [0.5, 0.6) is 11.5 Å². The van der Waals surface area contributed by atoms with E-state index in [1.807, 2.05) is 0 Å². The summed E-state index contributed by atoms with van der Waals surface area (Å²) in [6.07, 6.45) is 15.0. The largest absolute Gasteiger partial charge is 0.508 e. The Morgan fingerprint density at radius 1 is 0.833 bits per heavy atom. The second kappa shape index (κ2) is 12.9. The number of allylic oxidation sites excluding steroid dienone is 2. The van der Waals surface area contributed by atoms with E-state index in [4.69, 9.17) is 5.11 Å². The van der Waals surface area contributed by atoms with Crippen molar-refractivity contribution in [2.45, 2.75) is 157 Å². The molecule has 0 heterocycles. The molecule has 6 nitrogen and oxygen atoms in total. The van der Waals surface area contributed by atoms with Crippen molar-refractivity contribution in [2.24, 2.45) is 50.2 Å². The van der Waals surface area contributed by atoms with Crippen LogP contribution in [0.15, 0.2) is 29.8 Å². The minimum absolute atomic E-state index is 0.0218. The summed E-state index contributed by atoms with van der Waals surface area (Å²) in [4.78, 5) is 12.8. The average Bonchev–Trinajstić information content (AvgIpc) is 2.99. The van der Waals surface area contributed by atoms with Crippen molar-refractivity contribution in [1.82, 2.24) is 0 Å². The van der Waals surface area contributed by atoms with E-state index >= 15 is 0 Å². The number of hydrogen-bond acceptors (Lipinski definition) is 5. The third kappa shape index (κ3) is 5.83. The van der Waals surface area contributed by atoms with Crippen LogP contribution in [0.3, 0.4) is 0 Å². The molecule has 9 atom stereocenters. The van der Waals surface area contributed by atoms with Crippen LogP contribution in [0, 0.1) is 50.2 Å². The number of phenolic OH excluding ortho intramolecular Hbond substituents is 2. The fourth-order valence-electron chi connectivity index (χ4n) is 12.2. The van der Waals surface area contributed by atoms with Crippen LogP contribution in [0.25, 0.3) is 0 Å². The smallest absolute Gasteiger partial charge is 0.312 e. The van der Waals surface area contributed by atoms with E-state index in [9.17, 15) is 25.2 Å². The number of carbonyl (C=O) groups is 1. The minimum atomic E-state index is -1.04. The Morgan fingerprint density at radius 2 is 1.54 bits per heavy atom. The molecule has 270 valence electrons. The molecule has 48 heavy (non-hydrogen) atoms. The zero-order valence-corrected chi connectivity index (χ0v) is 31.2. The standard InChI is InChI=1S/C30H48O4.C12H18O2/c1-25(2)14-15-30(24(33)34)19(16-25)18-8-9-21-27(5)12-11-22(31)26(3,4)20(27)10-13-28(21,6)29(18,7)17-23(30)32;1-2-3-4-5-6-10-7-8-11(13)9-12(10)14/h8,19-23,31-32H,9-17H2,1-7H3,(H,33,34);7-9,13-14H,2-6H2,1H3. The highest BCUT2D eigenvalue weighted by molar-refractivity contribution is 5.77. The number of aliphatic hydroxyl groups is 2. The van der Waals surface area contributed by atoms with Crippen molar-refractivity contribution < 1.29 is 30.3 Å². The van der Waals surface area contributed by atoms with Gasteiger partial charge < -0.3 is 25.5 Å².